The third-order valence-corrected chi connectivity index (χ3v) is 5.41. The molecule has 0 spiro atoms. The van der Waals surface area contributed by atoms with Crippen molar-refractivity contribution in [1.29, 1.82) is 0 Å². The number of nitrogens with one attached hydrogen (secondary N) is 2. The van der Waals surface area contributed by atoms with Gasteiger partial charge in [-0.1, -0.05) is 36.9 Å². The van der Waals surface area contributed by atoms with Crippen molar-refractivity contribution in [3.05, 3.63) is 29.3 Å². The van der Waals surface area contributed by atoms with Crippen LogP contribution in [0, 0.1) is 5.92 Å². The first kappa shape index (κ1) is 18.1. The van der Waals surface area contributed by atoms with Gasteiger partial charge in [0, 0.05) is 35.8 Å². The standard InChI is InChI=1S/C19H26ClN3O2/c20-15-5-4-8-17(13-15)21-18(24)14-9-11-23(12-10-14)19(25)22-16-6-2-1-3-7-16/h4-5,8,13-14,16H,1-3,6-7,9-12H2,(H,21,24)(H,22,25). The highest BCUT2D eigenvalue weighted by Crippen LogP contribution is 2.22. The van der Waals surface area contributed by atoms with Crippen LogP contribution in [0.15, 0.2) is 24.3 Å². The molecule has 1 saturated carbocycles. The minimum absolute atomic E-state index is 0.00889. The van der Waals surface area contributed by atoms with Crippen molar-refractivity contribution >= 4 is 29.2 Å². The number of halogens is 1. The molecule has 0 atom stereocenters. The fourth-order valence-electron chi connectivity index (χ4n) is 3.67. The molecule has 0 unspecified atom stereocenters. The summed E-state index contributed by atoms with van der Waals surface area (Å²) in [5.41, 5.74) is 0.718. The van der Waals surface area contributed by atoms with Crippen LogP contribution >= 0.6 is 11.6 Å². The predicted octanol–water partition coefficient (Wildman–Crippen LogP) is 4.03. The maximum absolute atomic E-state index is 12.4. The third-order valence-electron chi connectivity index (χ3n) is 5.18. The first-order chi connectivity index (χ1) is 12.1. The lowest BCUT2D eigenvalue weighted by Crippen LogP contribution is -2.49. The number of carbonyl (C=O) groups excluding carboxylic acids is 2. The van der Waals surface area contributed by atoms with E-state index in [1.165, 1.54) is 19.3 Å². The van der Waals surface area contributed by atoms with Crippen molar-refractivity contribution in [1.82, 2.24) is 10.2 Å². The number of carbonyl (C=O) groups is 2. The fraction of sp³-hybridized carbons (Fsp3) is 0.579. The molecule has 25 heavy (non-hydrogen) atoms. The highest BCUT2D eigenvalue weighted by molar-refractivity contribution is 6.30. The zero-order valence-electron chi connectivity index (χ0n) is 14.5. The molecular formula is C19H26ClN3O2. The van der Waals surface area contributed by atoms with Gasteiger partial charge in [0.05, 0.1) is 0 Å². The van der Waals surface area contributed by atoms with E-state index in [0.29, 0.717) is 37.0 Å². The van der Waals surface area contributed by atoms with Gasteiger partial charge in [0.1, 0.15) is 0 Å². The first-order valence-corrected chi connectivity index (χ1v) is 9.61. The van der Waals surface area contributed by atoms with Gasteiger partial charge in [0.15, 0.2) is 0 Å². The fourth-order valence-corrected chi connectivity index (χ4v) is 3.86. The number of urea groups is 1. The summed E-state index contributed by atoms with van der Waals surface area (Å²) in [6, 6.07) is 7.52. The Bertz CT molecular complexity index is 608. The Labute approximate surface area is 154 Å². The summed E-state index contributed by atoms with van der Waals surface area (Å²) in [6.45, 7) is 1.26. The van der Waals surface area contributed by atoms with Crippen LogP contribution < -0.4 is 10.6 Å². The average molecular weight is 364 g/mol. The van der Waals surface area contributed by atoms with Crippen molar-refractivity contribution in [2.24, 2.45) is 5.92 Å². The van der Waals surface area contributed by atoms with Gasteiger partial charge >= 0.3 is 6.03 Å². The van der Waals surface area contributed by atoms with E-state index in [9.17, 15) is 9.59 Å². The van der Waals surface area contributed by atoms with Gasteiger partial charge in [0.2, 0.25) is 5.91 Å². The number of rotatable bonds is 3. The average Bonchev–Trinajstić information content (AvgIpc) is 2.62. The summed E-state index contributed by atoms with van der Waals surface area (Å²) in [7, 11) is 0. The van der Waals surface area contributed by atoms with Gasteiger partial charge in [-0.2, -0.15) is 0 Å². The lowest BCUT2D eigenvalue weighted by Gasteiger charge is -2.33. The van der Waals surface area contributed by atoms with Crippen LogP contribution in [-0.4, -0.2) is 36.0 Å². The summed E-state index contributed by atoms with van der Waals surface area (Å²) in [5, 5.41) is 6.67. The van der Waals surface area contributed by atoms with Crippen LogP contribution in [0.5, 0.6) is 0 Å². The monoisotopic (exact) mass is 363 g/mol. The second-order valence-electron chi connectivity index (χ2n) is 7.05. The normalized spacial score (nSPS) is 19.5. The molecule has 136 valence electrons. The van der Waals surface area contributed by atoms with Crippen molar-refractivity contribution < 1.29 is 9.59 Å². The lowest BCUT2D eigenvalue weighted by atomic mass is 9.95. The van der Waals surface area contributed by atoms with Gasteiger partial charge in [0.25, 0.3) is 0 Å². The maximum Gasteiger partial charge on any atom is 0.317 e. The van der Waals surface area contributed by atoms with Crippen LogP contribution in [0.3, 0.4) is 0 Å². The Morgan fingerprint density at radius 1 is 1.04 bits per heavy atom. The molecule has 3 amide bonds. The molecule has 3 rings (SSSR count). The van der Waals surface area contributed by atoms with E-state index < -0.39 is 0 Å². The molecule has 2 aliphatic rings. The van der Waals surface area contributed by atoms with Gasteiger partial charge < -0.3 is 15.5 Å². The smallest absolute Gasteiger partial charge is 0.317 e. The van der Waals surface area contributed by atoms with E-state index >= 15 is 0 Å². The van der Waals surface area contributed by atoms with Crippen LogP contribution in [0.1, 0.15) is 44.9 Å². The Hall–Kier alpha value is -1.75. The van der Waals surface area contributed by atoms with E-state index in [1.807, 2.05) is 17.0 Å². The first-order valence-electron chi connectivity index (χ1n) is 9.24. The molecule has 1 aliphatic heterocycles. The minimum Gasteiger partial charge on any atom is -0.335 e. The maximum atomic E-state index is 12.4. The number of piperidine rings is 1. The van der Waals surface area contributed by atoms with Crippen LogP contribution in [0.4, 0.5) is 10.5 Å². The Kier molecular flexibility index (Phi) is 6.19. The van der Waals surface area contributed by atoms with Crippen molar-refractivity contribution in [2.45, 2.75) is 51.0 Å². The Balaban J connectivity index is 1.44. The molecule has 0 bridgehead atoms. The molecule has 0 aromatic heterocycles. The van der Waals surface area contributed by atoms with Crippen LogP contribution in [0.2, 0.25) is 5.02 Å². The van der Waals surface area contributed by atoms with Gasteiger partial charge in [-0.15, -0.1) is 0 Å². The zero-order valence-corrected chi connectivity index (χ0v) is 15.2. The van der Waals surface area contributed by atoms with Crippen molar-refractivity contribution in [3.63, 3.8) is 0 Å². The molecule has 0 radical (unpaired) electrons. The van der Waals surface area contributed by atoms with Gasteiger partial charge in [-0.05, 0) is 43.9 Å². The predicted molar refractivity (Wildman–Crippen MR) is 99.8 cm³/mol. The van der Waals surface area contributed by atoms with Crippen LogP contribution in [0.25, 0.3) is 0 Å². The molecule has 6 heteroatoms. The number of likely N-dealkylation sites (tertiary alicyclic amines) is 1. The quantitative estimate of drug-likeness (QED) is 0.851. The number of nitrogens with zero attached hydrogens (tertiary/aromatic N) is 1. The molecular weight excluding hydrogens is 338 g/mol. The highest BCUT2D eigenvalue weighted by atomic mass is 35.5. The second-order valence-corrected chi connectivity index (χ2v) is 7.48. The van der Waals surface area contributed by atoms with E-state index in [4.69, 9.17) is 11.6 Å². The molecule has 2 fully saturated rings. The summed E-state index contributed by atoms with van der Waals surface area (Å²) in [6.07, 6.45) is 7.26. The van der Waals surface area contributed by atoms with Gasteiger partial charge in [-0.25, -0.2) is 4.79 Å². The van der Waals surface area contributed by atoms with E-state index in [0.717, 1.165) is 18.5 Å². The van der Waals surface area contributed by atoms with E-state index in [1.54, 1.807) is 12.1 Å². The minimum atomic E-state index is -0.0577. The molecule has 1 saturated heterocycles. The molecule has 1 aromatic rings. The highest BCUT2D eigenvalue weighted by Gasteiger charge is 2.28. The topological polar surface area (TPSA) is 61.4 Å². The summed E-state index contributed by atoms with van der Waals surface area (Å²) in [5.74, 6) is -0.0488. The summed E-state index contributed by atoms with van der Waals surface area (Å²) >= 11 is 5.95. The number of amides is 3. The van der Waals surface area contributed by atoms with E-state index in [2.05, 4.69) is 10.6 Å². The summed E-state index contributed by atoms with van der Waals surface area (Å²) < 4.78 is 0. The Morgan fingerprint density at radius 3 is 2.44 bits per heavy atom. The molecule has 1 aliphatic carbocycles. The molecule has 1 heterocycles. The van der Waals surface area contributed by atoms with Crippen LogP contribution in [-0.2, 0) is 4.79 Å². The molecule has 2 N–H and O–H groups in total. The zero-order chi connectivity index (χ0) is 17.6. The number of benzene rings is 1. The number of anilines is 1. The van der Waals surface area contributed by atoms with Crippen molar-refractivity contribution in [2.75, 3.05) is 18.4 Å². The largest absolute Gasteiger partial charge is 0.335 e. The molecule has 5 nitrogen and oxygen atoms in total. The Morgan fingerprint density at radius 2 is 1.76 bits per heavy atom. The van der Waals surface area contributed by atoms with E-state index in [-0.39, 0.29) is 17.9 Å². The van der Waals surface area contributed by atoms with Crippen molar-refractivity contribution in [3.8, 4) is 0 Å². The third kappa shape index (κ3) is 5.11. The number of hydrogen-bond donors (Lipinski definition) is 2. The SMILES string of the molecule is O=C(Nc1cccc(Cl)c1)C1CCN(C(=O)NC2CCCCC2)CC1. The summed E-state index contributed by atoms with van der Waals surface area (Å²) in [4.78, 5) is 26.6. The second kappa shape index (κ2) is 8.56. The van der Waals surface area contributed by atoms with Gasteiger partial charge in [-0.3, -0.25) is 4.79 Å². The lowest BCUT2D eigenvalue weighted by molar-refractivity contribution is -0.121. The molecule has 1 aromatic carbocycles. The number of hydrogen-bond acceptors (Lipinski definition) is 2.